The van der Waals surface area contributed by atoms with Crippen molar-refractivity contribution in [2.24, 2.45) is 5.92 Å². The minimum Gasteiger partial charge on any atom is -0.328 e. The molecule has 7 nitrogen and oxygen atoms in total. The Kier molecular flexibility index (Phi) is 5.69. The van der Waals surface area contributed by atoms with E-state index in [9.17, 15) is 9.59 Å². The Balaban J connectivity index is 1.67. The molecule has 2 unspecified atom stereocenters. The summed E-state index contributed by atoms with van der Waals surface area (Å²) in [6, 6.07) is 19.4. The smallest absolute Gasteiger partial charge is 0.282 e. The van der Waals surface area contributed by atoms with Gasteiger partial charge >= 0.3 is 0 Å². The highest BCUT2D eigenvalue weighted by Gasteiger charge is 2.37. The number of piperidine rings is 1. The van der Waals surface area contributed by atoms with Gasteiger partial charge in [0.05, 0.1) is 12.6 Å². The lowest BCUT2D eigenvalue weighted by Crippen LogP contribution is -2.44. The molecule has 1 aliphatic heterocycles. The van der Waals surface area contributed by atoms with E-state index in [1.165, 1.54) is 12.4 Å². The number of nitrogens with zero attached hydrogens (tertiary/aromatic N) is 5. The van der Waals surface area contributed by atoms with E-state index >= 15 is 0 Å². The average Bonchev–Trinajstić information content (AvgIpc) is 2.85. The first kappa shape index (κ1) is 21.0. The van der Waals surface area contributed by atoms with Crippen LogP contribution < -0.4 is 5.56 Å². The van der Waals surface area contributed by atoms with Crippen molar-refractivity contribution in [3.63, 3.8) is 0 Å². The summed E-state index contributed by atoms with van der Waals surface area (Å²) in [6.45, 7) is 2.94. The van der Waals surface area contributed by atoms with Crippen LogP contribution in [0.2, 0.25) is 0 Å². The number of rotatable bonds is 5. The predicted octanol–water partition coefficient (Wildman–Crippen LogP) is 3.73. The van der Waals surface area contributed by atoms with Crippen LogP contribution in [0.4, 0.5) is 0 Å². The van der Waals surface area contributed by atoms with Crippen LogP contribution in [-0.4, -0.2) is 30.3 Å². The average molecular weight is 440 g/mol. The maximum atomic E-state index is 13.6. The van der Waals surface area contributed by atoms with Gasteiger partial charge in [-0.15, -0.1) is 0 Å². The molecule has 0 aliphatic carbocycles. The Morgan fingerprint density at radius 3 is 2.21 bits per heavy atom. The Labute approximate surface area is 191 Å². The lowest BCUT2D eigenvalue weighted by molar-refractivity contribution is -0.140. The molecule has 1 fully saturated rings. The van der Waals surface area contributed by atoms with Gasteiger partial charge in [-0.2, -0.15) is 0 Å². The Bertz CT molecular complexity index is 1340. The molecule has 4 aromatic rings. The van der Waals surface area contributed by atoms with Crippen LogP contribution in [0.1, 0.15) is 42.8 Å². The van der Waals surface area contributed by atoms with Gasteiger partial charge in [-0.25, -0.2) is 15.0 Å². The van der Waals surface area contributed by atoms with Gasteiger partial charge in [-0.3, -0.25) is 14.2 Å². The van der Waals surface area contributed by atoms with Gasteiger partial charge in [0, 0.05) is 25.4 Å². The molecule has 1 saturated heterocycles. The largest absolute Gasteiger partial charge is 0.328 e. The molecule has 0 radical (unpaired) electrons. The molecule has 3 heterocycles. The maximum Gasteiger partial charge on any atom is 0.282 e. The zero-order valence-corrected chi connectivity index (χ0v) is 18.5. The molecule has 1 aliphatic rings. The molecule has 0 bridgehead atoms. The van der Waals surface area contributed by atoms with Gasteiger partial charge in [0.25, 0.3) is 5.56 Å². The molecule has 0 spiro atoms. The van der Waals surface area contributed by atoms with Crippen LogP contribution in [-0.2, 0) is 17.9 Å². The van der Waals surface area contributed by atoms with Crippen LogP contribution in [0.5, 0.6) is 0 Å². The van der Waals surface area contributed by atoms with Gasteiger partial charge in [0.1, 0.15) is 5.82 Å². The molecule has 0 N–H and O–H groups in total. The number of fused-ring (bicyclic) bond motifs is 1. The van der Waals surface area contributed by atoms with Gasteiger partial charge in [-0.1, -0.05) is 67.6 Å². The highest BCUT2D eigenvalue weighted by Crippen LogP contribution is 2.36. The van der Waals surface area contributed by atoms with Crippen molar-refractivity contribution in [2.75, 3.05) is 0 Å². The van der Waals surface area contributed by atoms with Gasteiger partial charge < -0.3 is 4.90 Å². The van der Waals surface area contributed by atoms with Gasteiger partial charge in [0.2, 0.25) is 5.91 Å². The fraction of sp³-hybridized carbons (Fsp3) is 0.269. The molecule has 2 aromatic carbocycles. The monoisotopic (exact) mass is 439 g/mol. The second-order valence-corrected chi connectivity index (χ2v) is 8.54. The molecule has 2 atom stereocenters. The molecule has 33 heavy (non-hydrogen) atoms. The normalized spacial score (nSPS) is 18.6. The fourth-order valence-corrected chi connectivity index (χ4v) is 4.58. The number of aromatic nitrogens is 4. The molecule has 5 rings (SSSR count). The van der Waals surface area contributed by atoms with Crippen LogP contribution in [0.3, 0.4) is 0 Å². The second-order valence-electron chi connectivity index (χ2n) is 8.54. The second kappa shape index (κ2) is 8.94. The van der Waals surface area contributed by atoms with E-state index in [4.69, 9.17) is 4.98 Å². The Hall–Kier alpha value is -3.87. The highest BCUT2D eigenvalue weighted by atomic mass is 16.2. The lowest BCUT2D eigenvalue weighted by atomic mass is 9.89. The summed E-state index contributed by atoms with van der Waals surface area (Å²) in [5.41, 5.74) is 2.34. The maximum absolute atomic E-state index is 13.6. The molecule has 2 aromatic heterocycles. The third kappa shape index (κ3) is 4.14. The van der Waals surface area contributed by atoms with E-state index in [1.807, 2.05) is 65.6 Å². The van der Waals surface area contributed by atoms with Crippen LogP contribution in [0.15, 0.2) is 77.9 Å². The van der Waals surface area contributed by atoms with E-state index in [2.05, 4.69) is 16.9 Å². The van der Waals surface area contributed by atoms with Crippen molar-refractivity contribution in [1.82, 2.24) is 24.4 Å². The number of amides is 1. The summed E-state index contributed by atoms with van der Waals surface area (Å²) < 4.78 is 1.67. The zero-order chi connectivity index (χ0) is 22.8. The van der Waals surface area contributed by atoms with Crippen LogP contribution in [0, 0.1) is 5.92 Å². The fourth-order valence-electron chi connectivity index (χ4n) is 4.58. The SMILES string of the molecule is CC1CCC(=O)N(Cc2ccccc2)C1c1nc2nccnc2c(=O)n1Cc1ccccc1. The van der Waals surface area contributed by atoms with E-state index in [1.54, 1.807) is 4.57 Å². The number of carbonyl (C=O) groups excluding carboxylic acids is 1. The minimum atomic E-state index is -0.339. The Morgan fingerprint density at radius 2 is 1.52 bits per heavy atom. The van der Waals surface area contributed by atoms with Crippen molar-refractivity contribution < 1.29 is 4.79 Å². The van der Waals surface area contributed by atoms with Crippen molar-refractivity contribution in [1.29, 1.82) is 0 Å². The topological polar surface area (TPSA) is 81.0 Å². The van der Waals surface area contributed by atoms with E-state index in [0.29, 0.717) is 31.0 Å². The molecule has 7 heteroatoms. The van der Waals surface area contributed by atoms with E-state index in [0.717, 1.165) is 17.5 Å². The third-order valence-electron chi connectivity index (χ3n) is 6.28. The summed E-state index contributed by atoms with van der Waals surface area (Å²) in [6.07, 6.45) is 4.28. The number of hydrogen-bond donors (Lipinski definition) is 0. The first-order valence-corrected chi connectivity index (χ1v) is 11.2. The number of carbonyl (C=O) groups is 1. The summed E-state index contributed by atoms with van der Waals surface area (Å²) in [7, 11) is 0. The molecule has 1 amide bonds. The third-order valence-corrected chi connectivity index (χ3v) is 6.28. The molecular formula is C26H25N5O2. The first-order chi connectivity index (χ1) is 16.1. The molecule has 0 saturated carbocycles. The summed E-state index contributed by atoms with van der Waals surface area (Å²) >= 11 is 0. The van der Waals surface area contributed by atoms with Crippen molar-refractivity contribution in [2.45, 2.75) is 38.9 Å². The van der Waals surface area contributed by atoms with Gasteiger partial charge in [0.15, 0.2) is 11.2 Å². The van der Waals surface area contributed by atoms with Crippen LogP contribution >= 0.6 is 0 Å². The molecular weight excluding hydrogens is 414 g/mol. The molecule has 166 valence electrons. The number of benzene rings is 2. The van der Waals surface area contributed by atoms with Crippen molar-refractivity contribution in [3.8, 4) is 0 Å². The zero-order valence-electron chi connectivity index (χ0n) is 18.5. The highest BCUT2D eigenvalue weighted by molar-refractivity contribution is 5.77. The quantitative estimate of drug-likeness (QED) is 0.473. The Morgan fingerprint density at radius 1 is 0.879 bits per heavy atom. The standard InChI is InChI=1S/C26H25N5O2/c1-18-12-13-21(32)30(16-19-8-4-2-5-9-19)23(18)25-29-24-22(27-14-15-28-24)26(33)31(25)17-20-10-6-3-7-11-20/h2-11,14-15,18,23H,12-13,16-17H2,1H3. The first-order valence-electron chi connectivity index (χ1n) is 11.2. The van der Waals surface area contributed by atoms with E-state index < -0.39 is 0 Å². The van der Waals surface area contributed by atoms with Crippen molar-refractivity contribution >= 4 is 17.1 Å². The van der Waals surface area contributed by atoms with E-state index in [-0.39, 0.29) is 28.9 Å². The number of hydrogen-bond acceptors (Lipinski definition) is 5. The lowest BCUT2D eigenvalue weighted by Gasteiger charge is -2.40. The predicted molar refractivity (Wildman–Crippen MR) is 125 cm³/mol. The van der Waals surface area contributed by atoms with Crippen LogP contribution in [0.25, 0.3) is 11.2 Å². The van der Waals surface area contributed by atoms with Gasteiger partial charge in [-0.05, 0) is 23.5 Å². The van der Waals surface area contributed by atoms with Crippen molar-refractivity contribution in [3.05, 3.63) is 100 Å². The minimum absolute atomic E-state index is 0.0710. The summed E-state index contributed by atoms with van der Waals surface area (Å²) in [5.74, 6) is 0.768. The summed E-state index contributed by atoms with van der Waals surface area (Å²) in [5, 5.41) is 0. The number of likely N-dealkylation sites (tertiary alicyclic amines) is 1. The summed E-state index contributed by atoms with van der Waals surface area (Å²) in [4.78, 5) is 42.0.